The monoisotopic (exact) mass is 273 g/mol. The maximum atomic E-state index is 13.4. The van der Waals surface area contributed by atoms with Gasteiger partial charge >= 0.3 is 0 Å². The number of hydrogen-bond acceptors (Lipinski definition) is 2. The van der Waals surface area contributed by atoms with Crippen LogP contribution in [0.15, 0.2) is 29.2 Å². The van der Waals surface area contributed by atoms with Crippen LogP contribution >= 0.6 is 0 Å². The number of rotatable bonds is 5. The summed E-state index contributed by atoms with van der Waals surface area (Å²) in [4.78, 5) is -0.301. The molecule has 0 heterocycles. The Morgan fingerprint density at radius 2 is 1.83 bits per heavy atom. The van der Waals surface area contributed by atoms with E-state index in [-0.39, 0.29) is 16.9 Å². The second kappa shape index (κ2) is 5.36. The fourth-order valence-corrected chi connectivity index (χ4v) is 2.53. The van der Waals surface area contributed by atoms with Crippen molar-refractivity contribution in [1.29, 1.82) is 0 Å². The molecule has 0 aromatic heterocycles. The molecule has 0 aliphatic heterocycles. The molecule has 0 radical (unpaired) electrons. The lowest BCUT2D eigenvalue weighted by Crippen LogP contribution is -2.37. The number of benzene rings is 1. The second-order valence-corrected chi connectivity index (χ2v) is 7.13. The summed E-state index contributed by atoms with van der Waals surface area (Å²) >= 11 is 0. The molecule has 18 heavy (non-hydrogen) atoms. The van der Waals surface area contributed by atoms with Gasteiger partial charge in [-0.1, -0.05) is 39.8 Å². The zero-order valence-electron chi connectivity index (χ0n) is 11.2. The third-order valence-corrected chi connectivity index (χ3v) is 4.84. The minimum absolute atomic E-state index is 0.182. The molecule has 0 saturated heterocycles. The molecular formula is C13H20FNO2S. The molecule has 0 saturated carbocycles. The minimum Gasteiger partial charge on any atom is -0.211 e. The summed E-state index contributed by atoms with van der Waals surface area (Å²) in [6, 6.07) is 5.37. The van der Waals surface area contributed by atoms with Crippen LogP contribution in [0.2, 0.25) is 0 Å². The summed E-state index contributed by atoms with van der Waals surface area (Å²) in [6.07, 6.45) is 0. The Kier molecular flexibility index (Phi) is 4.50. The predicted molar refractivity (Wildman–Crippen MR) is 70.2 cm³/mol. The van der Waals surface area contributed by atoms with Gasteiger partial charge in [0.1, 0.15) is 10.7 Å². The van der Waals surface area contributed by atoms with E-state index < -0.39 is 15.8 Å². The Balaban J connectivity index is 2.88. The normalized spacial score (nSPS) is 13.0. The van der Waals surface area contributed by atoms with Gasteiger partial charge in [0.05, 0.1) is 0 Å². The molecule has 102 valence electrons. The molecule has 1 rings (SSSR count). The predicted octanol–water partition coefficient (Wildman–Crippen LogP) is 2.79. The minimum atomic E-state index is -3.78. The maximum Gasteiger partial charge on any atom is 0.243 e. The lowest BCUT2D eigenvalue weighted by molar-refractivity contribution is 0.252. The second-order valence-electron chi connectivity index (χ2n) is 5.40. The van der Waals surface area contributed by atoms with Crippen LogP contribution in [0, 0.1) is 17.2 Å². The van der Waals surface area contributed by atoms with Gasteiger partial charge in [0, 0.05) is 6.54 Å². The van der Waals surface area contributed by atoms with Crippen LogP contribution in [0.3, 0.4) is 0 Å². The van der Waals surface area contributed by atoms with Crippen LogP contribution in [0.5, 0.6) is 0 Å². The Labute approximate surface area is 108 Å². The van der Waals surface area contributed by atoms with Crippen LogP contribution in [0.4, 0.5) is 4.39 Å². The van der Waals surface area contributed by atoms with Gasteiger partial charge < -0.3 is 0 Å². The molecule has 0 aliphatic rings. The molecule has 0 atom stereocenters. The number of halogens is 1. The first-order valence-corrected chi connectivity index (χ1v) is 7.39. The average Bonchev–Trinajstić information content (AvgIpc) is 2.27. The van der Waals surface area contributed by atoms with Crippen molar-refractivity contribution in [2.75, 3.05) is 6.54 Å². The molecule has 0 spiro atoms. The molecule has 3 nitrogen and oxygen atoms in total. The molecular weight excluding hydrogens is 253 g/mol. The highest BCUT2D eigenvalue weighted by Gasteiger charge is 2.26. The first-order chi connectivity index (χ1) is 8.17. The molecule has 1 aromatic carbocycles. The summed E-state index contributed by atoms with van der Waals surface area (Å²) in [5, 5.41) is 0. The van der Waals surface area contributed by atoms with Crippen LogP contribution in [0.1, 0.15) is 27.7 Å². The van der Waals surface area contributed by atoms with Crippen molar-refractivity contribution in [3.63, 3.8) is 0 Å². The van der Waals surface area contributed by atoms with Gasteiger partial charge in [-0.15, -0.1) is 0 Å². The molecule has 1 aromatic rings. The van der Waals surface area contributed by atoms with E-state index in [1.165, 1.54) is 18.2 Å². The summed E-state index contributed by atoms with van der Waals surface area (Å²) in [5.41, 5.74) is -0.182. The van der Waals surface area contributed by atoms with Gasteiger partial charge in [0.25, 0.3) is 0 Å². The van der Waals surface area contributed by atoms with Crippen molar-refractivity contribution >= 4 is 10.0 Å². The smallest absolute Gasteiger partial charge is 0.211 e. The van der Waals surface area contributed by atoms with Gasteiger partial charge in [-0.2, -0.15) is 0 Å². The van der Waals surface area contributed by atoms with Gasteiger partial charge in [0.15, 0.2) is 0 Å². The zero-order chi connectivity index (χ0) is 14.0. The molecule has 0 bridgehead atoms. The molecule has 0 amide bonds. The van der Waals surface area contributed by atoms with Gasteiger partial charge in [0.2, 0.25) is 10.0 Å². The van der Waals surface area contributed by atoms with E-state index >= 15 is 0 Å². The Morgan fingerprint density at radius 3 is 2.33 bits per heavy atom. The van der Waals surface area contributed by atoms with Crippen molar-refractivity contribution < 1.29 is 12.8 Å². The quantitative estimate of drug-likeness (QED) is 0.896. The van der Waals surface area contributed by atoms with E-state index in [9.17, 15) is 12.8 Å². The van der Waals surface area contributed by atoms with Crippen molar-refractivity contribution in [2.45, 2.75) is 32.6 Å². The molecule has 0 aliphatic carbocycles. The first-order valence-electron chi connectivity index (χ1n) is 5.91. The molecule has 5 heteroatoms. The third kappa shape index (κ3) is 3.53. The topological polar surface area (TPSA) is 46.2 Å². The summed E-state index contributed by atoms with van der Waals surface area (Å²) in [5.74, 6) is -0.409. The molecule has 1 N–H and O–H groups in total. The van der Waals surface area contributed by atoms with Gasteiger partial charge in [-0.25, -0.2) is 17.5 Å². The van der Waals surface area contributed by atoms with E-state index in [0.29, 0.717) is 5.92 Å². The number of hydrogen-bond donors (Lipinski definition) is 1. The van der Waals surface area contributed by atoms with E-state index in [1.54, 1.807) is 0 Å². The maximum absolute atomic E-state index is 13.4. The van der Waals surface area contributed by atoms with E-state index in [1.807, 2.05) is 27.7 Å². The Bertz CT molecular complexity index is 509. The van der Waals surface area contributed by atoms with Crippen molar-refractivity contribution in [3.8, 4) is 0 Å². The number of sulfonamides is 1. The highest BCUT2D eigenvalue weighted by atomic mass is 32.2. The summed E-state index contributed by atoms with van der Waals surface area (Å²) in [6.45, 7) is 8.28. The van der Waals surface area contributed by atoms with Gasteiger partial charge in [-0.05, 0) is 23.5 Å². The molecule has 0 unspecified atom stereocenters. The van der Waals surface area contributed by atoms with E-state index in [4.69, 9.17) is 0 Å². The van der Waals surface area contributed by atoms with Crippen molar-refractivity contribution in [2.24, 2.45) is 11.3 Å². The van der Waals surface area contributed by atoms with Gasteiger partial charge in [-0.3, -0.25) is 0 Å². The molecule has 0 fully saturated rings. The van der Waals surface area contributed by atoms with E-state index in [2.05, 4.69) is 4.72 Å². The summed E-state index contributed by atoms with van der Waals surface area (Å²) in [7, 11) is -3.78. The van der Waals surface area contributed by atoms with Crippen LogP contribution in [0.25, 0.3) is 0 Å². The average molecular weight is 273 g/mol. The van der Waals surface area contributed by atoms with Crippen molar-refractivity contribution in [1.82, 2.24) is 4.72 Å². The number of nitrogens with one attached hydrogen (secondary N) is 1. The van der Waals surface area contributed by atoms with Crippen LogP contribution in [-0.4, -0.2) is 15.0 Å². The van der Waals surface area contributed by atoms with Crippen LogP contribution < -0.4 is 4.72 Å². The third-order valence-electron chi connectivity index (χ3n) is 3.41. The summed E-state index contributed by atoms with van der Waals surface area (Å²) < 4.78 is 39.9. The fourth-order valence-electron chi connectivity index (χ4n) is 1.23. The Hall–Kier alpha value is -0.940. The standard InChI is InChI=1S/C13H20FNO2S/c1-10(2)13(3,4)9-15-18(16,17)12-8-6-5-7-11(12)14/h5-8,10,15H,9H2,1-4H3. The lowest BCUT2D eigenvalue weighted by atomic mass is 9.81. The highest BCUT2D eigenvalue weighted by Crippen LogP contribution is 2.25. The largest absolute Gasteiger partial charge is 0.243 e. The SMILES string of the molecule is CC(C)C(C)(C)CNS(=O)(=O)c1ccccc1F. The highest BCUT2D eigenvalue weighted by molar-refractivity contribution is 7.89. The fraction of sp³-hybridized carbons (Fsp3) is 0.538. The van der Waals surface area contributed by atoms with E-state index in [0.717, 1.165) is 6.07 Å². The lowest BCUT2D eigenvalue weighted by Gasteiger charge is -2.29. The Morgan fingerprint density at radius 1 is 1.28 bits per heavy atom. The zero-order valence-corrected chi connectivity index (χ0v) is 12.0. The van der Waals surface area contributed by atoms with Crippen LogP contribution in [-0.2, 0) is 10.0 Å². The van der Waals surface area contributed by atoms with Crippen molar-refractivity contribution in [3.05, 3.63) is 30.1 Å². The first kappa shape index (κ1) is 15.1.